The smallest absolute Gasteiger partial charge is 0.232 e. The molecule has 0 aliphatic heterocycles. The van der Waals surface area contributed by atoms with Crippen molar-refractivity contribution in [1.82, 2.24) is 19.6 Å². The Bertz CT molecular complexity index is 556. The lowest BCUT2D eigenvalue weighted by Crippen LogP contribution is -2.14. The van der Waals surface area contributed by atoms with Crippen LogP contribution >= 0.6 is 11.6 Å². The van der Waals surface area contributed by atoms with Gasteiger partial charge in [-0.1, -0.05) is 11.6 Å². The number of halogens is 1. The van der Waals surface area contributed by atoms with Crippen LogP contribution < -0.4 is 0 Å². The third-order valence-electron chi connectivity index (χ3n) is 2.40. The van der Waals surface area contributed by atoms with Crippen LogP contribution in [0.5, 0.6) is 0 Å². The van der Waals surface area contributed by atoms with E-state index in [1.54, 1.807) is 28.7 Å². The van der Waals surface area contributed by atoms with Crippen LogP contribution in [0.25, 0.3) is 0 Å². The summed E-state index contributed by atoms with van der Waals surface area (Å²) in [6, 6.07) is 1.74. The molecule has 0 unspecified atom stereocenters. The SMILES string of the molecule is CC(C)n1ncc(Cl)c1C(=O)c1ccn(C)n1. The average molecular weight is 253 g/mol. The first-order valence-corrected chi connectivity index (χ1v) is 5.66. The molecule has 17 heavy (non-hydrogen) atoms. The number of hydrogen-bond donors (Lipinski definition) is 0. The normalized spacial score (nSPS) is 11.1. The average Bonchev–Trinajstić information content (AvgIpc) is 2.83. The Kier molecular flexibility index (Phi) is 3.02. The Labute approximate surface area is 104 Å². The van der Waals surface area contributed by atoms with E-state index >= 15 is 0 Å². The van der Waals surface area contributed by atoms with Crippen molar-refractivity contribution in [2.45, 2.75) is 19.9 Å². The maximum atomic E-state index is 12.2. The van der Waals surface area contributed by atoms with E-state index in [0.717, 1.165) is 0 Å². The number of hydrogen-bond acceptors (Lipinski definition) is 3. The molecule has 0 N–H and O–H groups in total. The van der Waals surface area contributed by atoms with E-state index in [1.165, 1.54) is 6.20 Å². The van der Waals surface area contributed by atoms with Crippen molar-refractivity contribution < 1.29 is 4.79 Å². The molecule has 2 aromatic heterocycles. The van der Waals surface area contributed by atoms with Gasteiger partial charge in [0, 0.05) is 19.3 Å². The maximum Gasteiger partial charge on any atom is 0.232 e. The highest BCUT2D eigenvalue weighted by Crippen LogP contribution is 2.21. The summed E-state index contributed by atoms with van der Waals surface area (Å²) in [4.78, 5) is 12.2. The van der Waals surface area contributed by atoms with Crippen molar-refractivity contribution in [1.29, 1.82) is 0 Å². The van der Waals surface area contributed by atoms with E-state index in [1.807, 2.05) is 13.8 Å². The van der Waals surface area contributed by atoms with Crippen LogP contribution in [0.3, 0.4) is 0 Å². The highest BCUT2D eigenvalue weighted by Gasteiger charge is 2.22. The van der Waals surface area contributed by atoms with E-state index in [9.17, 15) is 4.79 Å². The summed E-state index contributed by atoms with van der Waals surface area (Å²) in [5.74, 6) is -0.207. The summed E-state index contributed by atoms with van der Waals surface area (Å²) in [6.07, 6.45) is 3.20. The highest BCUT2D eigenvalue weighted by molar-refractivity contribution is 6.34. The monoisotopic (exact) mass is 252 g/mol. The van der Waals surface area contributed by atoms with Gasteiger partial charge in [-0.3, -0.25) is 14.2 Å². The van der Waals surface area contributed by atoms with Gasteiger partial charge in [0.15, 0.2) is 0 Å². The lowest BCUT2D eigenvalue weighted by molar-refractivity contribution is 0.102. The zero-order valence-corrected chi connectivity index (χ0v) is 10.6. The van der Waals surface area contributed by atoms with Crippen LogP contribution in [0.4, 0.5) is 0 Å². The zero-order chi connectivity index (χ0) is 12.6. The molecule has 0 bridgehead atoms. The van der Waals surface area contributed by atoms with Crippen LogP contribution in [0.2, 0.25) is 5.02 Å². The van der Waals surface area contributed by atoms with Crippen molar-refractivity contribution >= 4 is 17.4 Å². The lowest BCUT2D eigenvalue weighted by atomic mass is 10.2. The van der Waals surface area contributed by atoms with Gasteiger partial charge in [0.2, 0.25) is 5.78 Å². The molecule has 90 valence electrons. The molecular weight excluding hydrogens is 240 g/mol. The first kappa shape index (κ1) is 11.9. The van der Waals surface area contributed by atoms with Crippen LogP contribution in [0.15, 0.2) is 18.5 Å². The first-order valence-electron chi connectivity index (χ1n) is 5.28. The van der Waals surface area contributed by atoms with Gasteiger partial charge in [-0.25, -0.2) is 0 Å². The standard InChI is InChI=1S/C11H13ClN4O/c1-7(2)16-10(8(12)6-13-16)11(17)9-4-5-15(3)14-9/h4-7H,1-3H3. The largest absolute Gasteiger partial charge is 0.285 e. The topological polar surface area (TPSA) is 52.7 Å². The number of rotatable bonds is 3. The Hall–Kier alpha value is -1.62. The number of carbonyl (C=O) groups excluding carboxylic acids is 1. The van der Waals surface area contributed by atoms with Gasteiger partial charge >= 0.3 is 0 Å². The summed E-state index contributed by atoms with van der Waals surface area (Å²) in [5.41, 5.74) is 0.761. The molecule has 0 radical (unpaired) electrons. The van der Waals surface area contributed by atoms with E-state index in [4.69, 9.17) is 11.6 Å². The molecule has 0 fully saturated rings. The Morgan fingerprint density at radius 2 is 2.18 bits per heavy atom. The lowest BCUT2D eigenvalue weighted by Gasteiger charge is -2.09. The molecular formula is C11H13ClN4O. The Morgan fingerprint density at radius 3 is 2.71 bits per heavy atom. The summed E-state index contributed by atoms with van der Waals surface area (Å²) < 4.78 is 3.19. The zero-order valence-electron chi connectivity index (χ0n) is 9.88. The second-order valence-corrected chi connectivity index (χ2v) is 4.49. The molecule has 5 nitrogen and oxygen atoms in total. The van der Waals surface area contributed by atoms with E-state index < -0.39 is 0 Å². The molecule has 0 saturated heterocycles. The minimum absolute atomic E-state index is 0.0742. The van der Waals surface area contributed by atoms with Gasteiger partial charge in [0.1, 0.15) is 11.4 Å². The Morgan fingerprint density at radius 1 is 1.47 bits per heavy atom. The van der Waals surface area contributed by atoms with Crippen molar-refractivity contribution in [3.8, 4) is 0 Å². The third-order valence-corrected chi connectivity index (χ3v) is 2.68. The number of aryl methyl sites for hydroxylation is 1. The molecule has 0 aliphatic carbocycles. The predicted molar refractivity (Wildman–Crippen MR) is 64.3 cm³/mol. The van der Waals surface area contributed by atoms with E-state index in [-0.39, 0.29) is 11.8 Å². The first-order chi connectivity index (χ1) is 8.00. The van der Waals surface area contributed by atoms with E-state index in [0.29, 0.717) is 16.4 Å². The fourth-order valence-electron chi connectivity index (χ4n) is 1.60. The van der Waals surface area contributed by atoms with Gasteiger partial charge < -0.3 is 0 Å². The number of ketones is 1. The highest BCUT2D eigenvalue weighted by atomic mass is 35.5. The van der Waals surface area contributed by atoms with Crippen LogP contribution in [0.1, 0.15) is 36.1 Å². The van der Waals surface area contributed by atoms with Crippen LogP contribution in [0, 0.1) is 0 Å². The van der Waals surface area contributed by atoms with Crippen molar-refractivity contribution in [3.63, 3.8) is 0 Å². The number of aromatic nitrogens is 4. The molecule has 0 aromatic carbocycles. The van der Waals surface area contributed by atoms with Crippen molar-refractivity contribution in [2.24, 2.45) is 7.05 Å². The van der Waals surface area contributed by atoms with Crippen LogP contribution in [-0.2, 0) is 7.05 Å². The second-order valence-electron chi connectivity index (χ2n) is 4.08. The fourth-order valence-corrected chi connectivity index (χ4v) is 1.82. The minimum Gasteiger partial charge on any atom is -0.285 e. The number of nitrogens with zero attached hydrogens (tertiary/aromatic N) is 4. The molecule has 0 spiro atoms. The molecule has 2 heterocycles. The minimum atomic E-state index is -0.207. The van der Waals surface area contributed by atoms with Gasteiger partial charge in [-0.05, 0) is 19.9 Å². The van der Waals surface area contributed by atoms with Gasteiger partial charge in [-0.2, -0.15) is 10.2 Å². The van der Waals surface area contributed by atoms with Crippen LogP contribution in [-0.4, -0.2) is 25.3 Å². The second kappa shape index (κ2) is 4.33. The fraction of sp³-hybridized carbons (Fsp3) is 0.364. The van der Waals surface area contributed by atoms with Crippen molar-refractivity contribution in [3.05, 3.63) is 34.9 Å². The molecule has 0 saturated carbocycles. The third kappa shape index (κ3) is 2.10. The molecule has 0 atom stereocenters. The molecule has 0 aliphatic rings. The maximum absolute atomic E-state index is 12.2. The van der Waals surface area contributed by atoms with Crippen molar-refractivity contribution in [2.75, 3.05) is 0 Å². The van der Waals surface area contributed by atoms with Gasteiger partial charge in [-0.15, -0.1) is 0 Å². The Balaban J connectivity index is 2.47. The van der Waals surface area contributed by atoms with Gasteiger partial charge in [0.25, 0.3) is 0 Å². The van der Waals surface area contributed by atoms with E-state index in [2.05, 4.69) is 10.2 Å². The predicted octanol–water partition coefficient (Wildman–Crippen LogP) is 2.08. The van der Waals surface area contributed by atoms with Gasteiger partial charge in [0.05, 0.1) is 11.2 Å². The molecule has 6 heteroatoms. The molecule has 2 rings (SSSR count). The summed E-state index contributed by atoms with van der Waals surface area (Å²) in [7, 11) is 1.76. The molecule has 2 aromatic rings. The molecule has 0 amide bonds. The summed E-state index contributed by atoms with van der Waals surface area (Å²) in [6.45, 7) is 3.89. The summed E-state index contributed by atoms with van der Waals surface area (Å²) in [5, 5.41) is 8.53. The quantitative estimate of drug-likeness (QED) is 0.786. The number of carbonyl (C=O) groups is 1. The summed E-state index contributed by atoms with van der Waals surface area (Å²) >= 11 is 6.00.